The molecule has 0 aliphatic rings. The van der Waals surface area contributed by atoms with Crippen LogP contribution in [-0.2, 0) is 14.9 Å². The number of benzene rings is 1. The summed E-state index contributed by atoms with van der Waals surface area (Å²) in [5.41, 5.74) is 0.111. The Kier molecular flexibility index (Phi) is 9.32. The first-order chi connectivity index (χ1) is 13.4. The normalized spacial score (nSPS) is 14.8. The Morgan fingerprint density at radius 3 is 2.31 bits per heavy atom. The zero-order valence-corrected chi connectivity index (χ0v) is 20.4. The quantitative estimate of drug-likeness (QED) is 0.357. The molecule has 162 valence electrons. The Balaban J connectivity index is 3.12. The van der Waals surface area contributed by atoms with Crippen LogP contribution in [0.25, 0.3) is 0 Å². The molecule has 0 bridgehead atoms. The fraction of sp³-hybridized carbons (Fsp3) is 0.667. The zero-order valence-electron chi connectivity index (χ0n) is 19.4. The van der Waals surface area contributed by atoms with Gasteiger partial charge in [-0.25, -0.2) is 0 Å². The summed E-state index contributed by atoms with van der Waals surface area (Å²) in [6.07, 6.45) is 2.74. The predicted octanol–water partition coefficient (Wildman–Crippen LogP) is 5.38. The van der Waals surface area contributed by atoms with Crippen molar-refractivity contribution in [1.29, 1.82) is 5.26 Å². The first-order valence-electron chi connectivity index (χ1n) is 10.4. The molecule has 2 atom stereocenters. The summed E-state index contributed by atoms with van der Waals surface area (Å²) in [4.78, 5) is 11.0. The lowest BCUT2D eigenvalue weighted by atomic mass is 9.70. The van der Waals surface area contributed by atoms with E-state index >= 15 is 0 Å². The van der Waals surface area contributed by atoms with E-state index in [9.17, 15) is 10.1 Å². The molecule has 5 heteroatoms. The molecule has 2 unspecified atom stereocenters. The number of carbonyl (C=O) groups excluding carboxylic acids is 1. The molecule has 0 amide bonds. The maximum absolute atomic E-state index is 11.0. The topological polar surface area (TPSA) is 59.3 Å². The molecule has 0 saturated carbocycles. The van der Waals surface area contributed by atoms with Crippen molar-refractivity contribution in [1.82, 2.24) is 0 Å². The molecule has 0 heterocycles. The highest BCUT2D eigenvalue weighted by Crippen LogP contribution is 2.41. The Hall–Kier alpha value is -1.43. The van der Waals surface area contributed by atoms with Gasteiger partial charge in [-0.1, -0.05) is 48.4 Å². The molecule has 1 rings (SSSR count). The van der Waals surface area contributed by atoms with Gasteiger partial charge in [-0.3, -0.25) is 0 Å². The van der Waals surface area contributed by atoms with E-state index in [2.05, 4.69) is 46.8 Å². The smallest absolute Gasteiger partial charge is 0.126 e. The van der Waals surface area contributed by atoms with Crippen LogP contribution < -0.4 is 10.0 Å². The average molecular weight is 420 g/mol. The molecule has 0 radical (unpaired) electrons. The van der Waals surface area contributed by atoms with E-state index in [0.29, 0.717) is 21.4 Å². The molecule has 4 nitrogen and oxygen atoms in total. The van der Waals surface area contributed by atoms with Crippen LogP contribution >= 0.6 is 8.58 Å². The van der Waals surface area contributed by atoms with Crippen molar-refractivity contribution >= 4 is 20.2 Å². The van der Waals surface area contributed by atoms with Crippen molar-refractivity contribution in [3.63, 3.8) is 0 Å². The standard InChI is InChI=1S/C24H38NO3P/c1-18(2)24(17-25,12-9-14-26)19-10-11-21(20(16-19)27-8)29-23(6,7)13-15-28-22(3,4)5/h10-11,14,16,18,29H,9,12-13,15H2,1-8H3. The third-order valence-corrected chi connectivity index (χ3v) is 6.90. The van der Waals surface area contributed by atoms with Gasteiger partial charge < -0.3 is 14.3 Å². The van der Waals surface area contributed by atoms with Crippen LogP contribution in [0.1, 0.15) is 73.3 Å². The number of methoxy groups -OCH3 is 1. The summed E-state index contributed by atoms with van der Waals surface area (Å²) in [6.45, 7) is 15.5. The van der Waals surface area contributed by atoms with Crippen LogP contribution in [0.15, 0.2) is 18.2 Å². The van der Waals surface area contributed by atoms with Crippen molar-refractivity contribution < 1.29 is 14.3 Å². The SMILES string of the molecule is COc1cc(C(C#N)(CCC=O)C(C)C)ccc1PC(C)(C)CCOC(C)(C)C. The molecular formula is C24H38NO3P. The minimum absolute atomic E-state index is 0.0852. The molecule has 0 N–H and O–H groups in total. The average Bonchev–Trinajstić information content (AvgIpc) is 2.61. The predicted molar refractivity (Wildman–Crippen MR) is 123 cm³/mol. The largest absolute Gasteiger partial charge is 0.496 e. The second-order valence-corrected chi connectivity index (χ2v) is 11.7. The minimum atomic E-state index is -0.689. The lowest BCUT2D eigenvalue weighted by Crippen LogP contribution is -2.31. The van der Waals surface area contributed by atoms with E-state index in [4.69, 9.17) is 9.47 Å². The van der Waals surface area contributed by atoms with Crippen molar-refractivity contribution in [2.75, 3.05) is 13.7 Å². The summed E-state index contributed by atoms with van der Waals surface area (Å²) in [6, 6.07) is 8.63. The van der Waals surface area contributed by atoms with Crippen molar-refractivity contribution in [3.05, 3.63) is 23.8 Å². The zero-order chi connectivity index (χ0) is 22.3. The van der Waals surface area contributed by atoms with Gasteiger partial charge in [0.25, 0.3) is 0 Å². The third-order valence-electron chi connectivity index (χ3n) is 5.29. The van der Waals surface area contributed by atoms with Gasteiger partial charge >= 0.3 is 0 Å². The van der Waals surface area contributed by atoms with Gasteiger partial charge in [0.15, 0.2) is 0 Å². The second-order valence-electron chi connectivity index (χ2n) is 9.58. The number of nitriles is 1. The second kappa shape index (κ2) is 10.6. The van der Waals surface area contributed by atoms with Crippen molar-refractivity contribution in [3.8, 4) is 11.8 Å². The number of rotatable bonds is 11. The maximum atomic E-state index is 11.0. The summed E-state index contributed by atoms with van der Waals surface area (Å²) < 4.78 is 11.6. The maximum Gasteiger partial charge on any atom is 0.126 e. The molecule has 29 heavy (non-hydrogen) atoms. The van der Waals surface area contributed by atoms with Crippen LogP contribution in [0.5, 0.6) is 5.75 Å². The number of ether oxygens (including phenoxy) is 2. The first kappa shape index (κ1) is 25.6. The fourth-order valence-corrected chi connectivity index (χ4v) is 4.83. The highest BCUT2D eigenvalue weighted by molar-refractivity contribution is 7.49. The molecule has 0 aliphatic carbocycles. The third kappa shape index (κ3) is 7.40. The highest BCUT2D eigenvalue weighted by Gasteiger charge is 2.36. The Labute approximate surface area is 179 Å². The lowest BCUT2D eigenvalue weighted by Gasteiger charge is -2.32. The summed E-state index contributed by atoms with van der Waals surface area (Å²) >= 11 is 0. The van der Waals surface area contributed by atoms with E-state index in [1.807, 2.05) is 26.0 Å². The van der Waals surface area contributed by atoms with E-state index in [1.165, 1.54) is 0 Å². The van der Waals surface area contributed by atoms with Gasteiger partial charge in [0.2, 0.25) is 0 Å². The Bertz CT molecular complexity index is 716. The molecule has 0 fully saturated rings. The van der Waals surface area contributed by atoms with Gasteiger partial charge in [0, 0.05) is 18.3 Å². The number of aldehydes is 1. The van der Waals surface area contributed by atoms with Crippen molar-refractivity contribution in [2.45, 2.75) is 83.9 Å². The van der Waals surface area contributed by atoms with Crippen LogP contribution in [-0.4, -0.2) is 30.8 Å². The van der Waals surface area contributed by atoms with Gasteiger partial charge in [0.1, 0.15) is 12.0 Å². The van der Waals surface area contributed by atoms with Gasteiger partial charge in [0.05, 0.1) is 24.2 Å². The number of nitrogens with zero attached hydrogens (tertiary/aromatic N) is 1. The van der Waals surface area contributed by atoms with E-state index in [0.717, 1.165) is 35.9 Å². The van der Waals surface area contributed by atoms with E-state index in [-0.39, 0.29) is 16.7 Å². The van der Waals surface area contributed by atoms with E-state index < -0.39 is 5.41 Å². The van der Waals surface area contributed by atoms with E-state index in [1.54, 1.807) is 7.11 Å². The summed E-state index contributed by atoms with van der Waals surface area (Å²) in [5, 5.41) is 11.2. The van der Waals surface area contributed by atoms with Gasteiger partial charge in [-0.15, -0.1) is 0 Å². The first-order valence-corrected chi connectivity index (χ1v) is 11.4. The molecule has 1 aromatic rings. The Morgan fingerprint density at radius 1 is 1.17 bits per heavy atom. The molecule has 0 spiro atoms. The molecule has 0 saturated heterocycles. The Morgan fingerprint density at radius 2 is 1.83 bits per heavy atom. The van der Waals surface area contributed by atoms with Gasteiger partial charge in [-0.05, 0) is 56.3 Å². The molecule has 0 aromatic heterocycles. The van der Waals surface area contributed by atoms with Crippen LogP contribution in [0.4, 0.5) is 0 Å². The minimum Gasteiger partial charge on any atom is -0.496 e. The number of hydrogen-bond acceptors (Lipinski definition) is 4. The lowest BCUT2D eigenvalue weighted by molar-refractivity contribution is -0.108. The fourth-order valence-electron chi connectivity index (χ4n) is 3.41. The van der Waals surface area contributed by atoms with Crippen LogP contribution in [0.2, 0.25) is 0 Å². The monoisotopic (exact) mass is 419 g/mol. The van der Waals surface area contributed by atoms with Crippen molar-refractivity contribution in [2.24, 2.45) is 5.92 Å². The summed E-state index contributed by atoms with van der Waals surface area (Å²) in [7, 11) is 2.24. The number of carbonyl (C=O) groups is 1. The van der Waals surface area contributed by atoms with Crippen LogP contribution in [0, 0.1) is 17.2 Å². The number of hydrogen-bond donors (Lipinski definition) is 0. The highest BCUT2D eigenvalue weighted by atomic mass is 31.1. The molecule has 1 aromatic carbocycles. The van der Waals surface area contributed by atoms with Crippen LogP contribution in [0.3, 0.4) is 0 Å². The molecular weight excluding hydrogens is 381 g/mol. The molecule has 0 aliphatic heterocycles. The summed E-state index contributed by atoms with van der Waals surface area (Å²) in [5.74, 6) is 0.911. The van der Waals surface area contributed by atoms with Gasteiger partial charge in [-0.2, -0.15) is 5.26 Å².